The van der Waals surface area contributed by atoms with Gasteiger partial charge in [-0.15, -0.1) is 0 Å². The van der Waals surface area contributed by atoms with Crippen molar-refractivity contribution in [2.45, 2.75) is 53.9 Å². The number of rotatable bonds is 2. The van der Waals surface area contributed by atoms with Crippen LogP contribution in [0.2, 0.25) is 0 Å². The van der Waals surface area contributed by atoms with Crippen LogP contribution in [0.15, 0.2) is 60.3 Å². The molecule has 1 rings (SSSR count). The summed E-state index contributed by atoms with van der Waals surface area (Å²) in [6.45, 7) is 13.9. The highest BCUT2D eigenvalue weighted by Crippen LogP contribution is 2.16. The lowest BCUT2D eigenvalue weighted by Gasteiger charge is -2.05. The van der Waals surface area contributed by atoms with Crippen LogP contribution in [0.3, 0.4) is 0 Å². The normalized spacial score (nSPS) is 14.1. The summed E-state index contributed by atoms with van der Waals surface area (Å²) in [5.74, 6) is 0. The first-order valence-corrected chi connectivity index (χ1v) is 6.82. The Bertz CT molecular complexity index is 280. The smallest absolute Gasteiger partial charge is 0.0310 e. The molecule has 0 aliphatic heterocycles. The summed E-state index contributed by atoms with van der Waals surface area (Å²) in [6, 6.07) is 0. The van der Waals surface area contributed by atoms with Crippen molar-refractivity contribution in [3.05, 3.63) is 60.3 Å². The molecule has 0 saturated carbocycles. The van der Waals surface area contributed by atoms with Gasteiger partial charge < -0.3 is 0 Å². The Morgan fingerprint density at radius 3 is 1.67 bits per heavy atom. The van der Waals surface area contributed by atoms with Crippen LogP contribution in [-0.2, 0) is 0 Å². The van der Waals surface area contributed by atoms with Crippen molar-refractivity contribution < 1.29 is 0 Å². The summed E-state index contributed by atoms with van der Waals surface area (Å²) in [4.78, 5) is 0. The van der Waals surface area contributed by atoms with Crippen LogP contribution in [0, 0.1) is 0 Å². The van der Waals surface area contributed by atoms with Crippen LogP contribution in [0.1, 0.15) is 53.9 Å². The van der Waals surface area contributed by atoms with Crippen LogP contribution in [-0.4, -0.2) is 0 Å². The average Bonchev–Trinajstić information content (AvgIpc) is 2.37. The first-order chi connectivity index (χ1) is 8.63. The molecule has 0 aromatic heterocycles. The second kappa shape index (κ2) is 15.7. The molecule has 0 amide bonds. The number of allylic oxidation sites excluding steroid dienone is 9. The molecular formula is C18H30. The third-order valence-electron chi connectivity index (χ3n) is 2.49. The Balaban J connectivity index is 0. The van der Waals surface area contributed by atoms with E-state index in [9.17, 15) is 0 Å². The largest absolute Gasteiger partial charge is 0.0991 e. The van der Waals surface area contributed by atoms with E-state index < -0.39 is 0 Å². The first kappa shape index (κ1) is 19.0. The van der Waals surface area contributed by atoms with E-state index in [-0.39, 0.29) is 0 Å². The highest BCUT2D eigenvalue weighted by Gasteiger charge is 1.95. The van der Waals surface area contributed by atoms with E-state index in [1.165, 1.54) is 24.0 Å². The summed E-state index contributed by atoms with van der Waals surface area (Å²) >= 11 is 0. The van der Waals surface area contributed by atoms with E-state index in [2.05, 4.69) is 51.7 Å². The van der Waals surface area contributed by atoms with Crippen molar-refractivity contribution in [3.63, 3.8) is 0 Å². The van der Waals surface area contributed by atoms with E-state index in [4.69, 9.17) is 0 Å². The van der Waals surface area contributed by atoms with E-state index in [0.29, 0.717) is 0 Å². The lowest BCUT2D eigenvalue weighted by Crippen LogP contribution is -1.85. The van der Waals surface area contributed by atoms with Gasteiger partial charge in [0.05, 0.1) is 0 Å². The standard InChI is InChI=1S/C8H12.C5H10.C5H8/c1-7-5-3-4-6-8(7)2;2*1-3-5-4-2/h5-6H,3-4H2,1-2H3;3,5H,4H2,1-2H3;3-5H,1H2,2H3/b;5-3-;5-4+. The zero-order chi connectivity index (χ0) is 14.2. The number of hydrogen-bond acceptors (Lipinski definition) is 0. The summed E-state index contributed by atoms with van der Waals surface area (Å²) in [6.07, 6.45) is 18.0. The molecule has 1 aliphatic rings. The van der Waals surface area contributed by atoms with Gasteiger partial charge in [0.1, 0.15) is 0 Å². The van der Waals surface area contributed by atoms with Gasteiger partial charge in [-0.25, -0.2) is 0 Å². The van der Waals surface area contributed by atoms with Gasteiger partial charge in [0.15, 0.2) is 0 Å². The van der Waals surface area contributed by atoms with Gasteiger partial charge in [-0.05, 0) is 47.0 Å². The van der Waals surface area contributed by atoms with Crippen LogP contribution in [0.25, 0.3) is 0 Å². The topological polar surface area (TPSA) is 0 Å². The van der Waals surface area contributed by atoms with Crippen molar-refractivity contribution in [1.29, 1.82) is 0 Å². The second-order valence-corrected chi connectivity index (χ2v) is 4.09. The second-order valence-electron chi connectivity index (χ2n) is 4.09. The fourth-order valence-corrected chi connectivity index (χ4v) is 1.29. The first-order valence-electron chi connectivity index (χ1n) is 6.82. The fraction of sp³-hybridized carbons (Fsp3) is 0.444. The summed E-state index contributed by atoms with van der Waals surface area (Å²) in [5.41, 5.74) is 2.91. The van der Waals surface area contributed by atoms with Crippen molar-refractivity contribution >= 4 is 0 Å². The Kier molecular flexibility index (Phi) is 16.6. The molecule has 0 saturated heterocycles. The van der Waals surface area contributed by atoms with Crippen molar-refractivity contribution in [1.82, 2.24) is 0 Å². The molecule has 102 valence electrons. The van der Waals surface area contributed by atoms with E-state index in [1.807, 2.05) is 26.0 Å². The molecular weight excluding hydrogens is 216 g/mol. The van der Waals surface area contributed by atoms with Gasteiger partial charge in [-0.3, -0.25) is 0 Å². The summed E-state index contributed by atoms with van der Waals surface area (Å²) < 4.78 is 0. The van der Waals surface area contributed by atoms with Crippen molar-refractivity contribution in [2.24, 2.45) is 0 Å². The SMILES string of the molecule is C/C=C\CC.C=C/C=C/C.CC1=CCCC=C1C. The lowest BCUT2D eigenvalue weighted by atomic mass is 10.0. The predicted octanol–water partition coefficient (Wildman–Crippen LogP) is 6.39. The monoisotopic (exact) mass is 246 g/mol. The molecule has 0 spiro atoms. The molecule has 0 bridgehead atoms. The molecule has 0 aromatic carbocycles. The number of hydrogen-bond donors (Lipinski definition) is 0. The minimum atomic E-state index is 1.16. The van der Waals surface area contributed by atoms with Gasteiger partial charge in [-0.1, -0.05) is 67.2 Å². The highest BCUT2D eigenvalue weighted by atomic mass is 14.0. The van der Waals surface area contributed by atoms with Crippen molar-refractivity contribution in [3.8, 4) is 0 Å². The Morgan fingerprint density at radius 1 is 1.06 bits per heavy atom. The van der Waals surface area contributed by atoms with Gasteiger partial charge in [0, 0.05) is 0 Å². The van der Waals surface area contributed by atoms with E-state index >= 15 is 0 Å². The molecule has 0 atom stereocenters. The van der Waals surface area contributed by atoms with Crippen molar-refractivity contribution in [2.75, 3.05) is 0 Å². The molecule has 0 heteroatoms. The zero-order valence-electron chi connectivity index (χ0n) is 12.9. The third kappa shape index (κ3) is 14.7. The summed E-state index contributed by atoms with van der Waals surface area (Å²) in [5, 5.41) is 0. The maximum absolute atomic E-state index is 3.46. The summed E-state index contributed by atoms with van der Waals surface area (Å²) in [7, 11) is 0. The van der Waals surface area contributed by atoms with Gasteiger partial charge >= 0.3 is 0 Å². The lowest BCUT2D eigenvalue weighted by molar-refractivity contribution is 0.990. The Morgan fingerprint density at radius 2 is 1.56 bits per heavy atom. The maximum Gasteiger partial charge on any atom is -0.0310 e. The minimum Gasteiger partial charge on any atom is -0.0991 e. The molecule has 1 aliphatic carbocycles. The molecule has 18 heavy (non-hydrogen) atoms. The Labute approximate surface area is 115 Å². The van der Waals surface area contributed by atoms with Gasteiger partial charge in [0.2, 0.25) is 0 Å². The van der Waals surface area contributed by atoms with Crippen LogP contribution < -0.4 is 0 Å². The van der Waals surface area contributed by atoms with E-state index in [1.54, 1.807) is 6.08 Å². The van der Waals surface area contributed by atoms with Crippen LogP contribution in [0.5, 0.6) is 0 Å². The third-order valence-corrected chi connectivity index (χ3v) is 2.49. The van der Waals surface area contributed by atoms with E-state index in [0.717, 1.165) is 6.42 Å². The molecule has 0 radical (unpaired) electrons. The Hall–Kier alpha value is -1.30. The van der Waals surface area contributed by atoms with Crippen LogP contribution >= 0.6 is 0 Å². The molecule has 0 nitrogen and oxygen atoms in total. The molecule has 0 fully saturated rings. The highest BCUT2D eigenvalue weighted by molar-refractivity contribution is 5.29. The minimum absolute atomic E-state index is 1.16. The fourth-order valence-electron chi connectivity index (χ4n) is 1.29. The van der Waals surface area contributed by atoms with Gasteiger partial charge in [0.25, 0.3) is 0 Å². The molecule has 0 unspecified atom stereocenters. The van der Waals surface area contributed by atoms with Crippen LogP contribution in [0.4, 0.5) is 0 Å². The molecule has 0 aromatic rings. The predicted molar refractivity (Wildman–Crippen MR) is 86.9 cm³/mol. The zero-order valence-corrected chi connectivity index (χ0v) is 12.9. The molecule has 0 N–H and O–H groups in total. The van der Waals surface area contributed by atoms with Gasteiger partial charge in [-0.2, -0.15) is 0 Å². The quantitative estimate of drug-likeness (QED) is 0.391. The average molecular weight is 246 g/mol. The maximum atomic E-state index is 3.46. The molecule has 0 heterocycles.